The Bertz CT molecular complexity index is 450. The summed E-state index contributed by atoms with van der Waals surface area (Å²) in [5, 5.41) is 12.3. The Balaban J connectivity index is 1.73. The topological polar surface area (TPSA) is 41.8 Å². The minimum Gasteiger partial charge on any atom is -0.493 e. The number of hydrogen-bond acceptors (Lipinski definition) is 3. The van der Waals surface area contributed by atoms with Crippen molar-refractivity contribution in [3.05, 3.63) is 29.3 Å². The lowest BCUT2D eigenvalue weighted by molar-refractivity contribution is 0.300. The molecule has 0 bridgehead atoms. The van der Waals surface area contributed by atoms with Gasteiger partial charge in [0.1, 0.15) is 5.75 Å². The van der Waals surface area contributed by atoms with Crippen LogP contribution in [-0.4, -0.2) is 17.5 Å². The van der Waals surface area contributed by atoms with E-state index in [0.29, 0.717) is 0 Å². The molecule has 2 aliphatic rings. The van der Waals surface area contributed by atoms with Gasteiger partial charge in [0, 0.05) is 11.1 Å². The first-order chi connectivity index (χ1) is 8.38. The van der Waals surface area contributed by atoms with E-state index in [1.54, 1.807) is 0 Å². The summed E-state index contributed by atoms with van der Waals surface area (Å²) in [4.78, 5) is 0. The van der Waals surface area contributed by atoms with Crippen molar-refractivity contribution in [2.24, 2.45) is 11.1 Å². The third-order valence-electron chi connectivity index (χ3n) is 3.66. The Morgan fingerprint density at radius 3 is 2.94 bits per heavy atom. The molecule has 3 rings (SSSR count). The molecule has 2 aliphatic carbocycles. The van der Waals surface area contributed by atoms with E-state index in [1.165, 1.54) is 24.8 Å². The van der Waals surface area contributed by atoms with E-state index in [9.17, 15) is 0 Å². The van der Waals surface area contributed by atoms with Crippen molar-refractivity contribution in [3.63, 3.8) is 0 Å². The Kier molecular flexibility index (Phi) is 2.75. The highest BCUT2D eigenvalue weighted by Gasteiger charge is 2.23. The lowest BCUT2D eigenvalue weighted by Crippen LogP contribution is -2.01. The number of ether oxygens (including phenoxy) is 1. The van der Waals surface area contributed by atoms with Gasteiger partial charge >= 0.3 is 0 Å². The second-order valence-electron chi connectivity index (χ2n) is 4.91. The predicted molar refractivity (Wildman–Crippen MR) is 65.9 cm³/mol. The van der Waals surface area contributed by atoms with E-state index >= 15 is 0 Å². The fourth-order valence-electron chi connectivity index (χ4n) is 2.45. The number of fused-ring (bicyclic) bond motifs is 1. The Labute approximate surface area is 101 Å². The summed E-state index contributed by atoms with van der Waals surface area (Å²) in [6.07, 6.45) is 5.66. The minimum atomic E-state index is 0.785. The molecule has 0 amide bonds. The molecule has 0 aliphatic heterocycles. The van der Waals surface area contributed by atoms with Gasteiger partial charge in [0.2, 0.25) is 0 Å². The maximum absolute atomic E-state index is 8.91. The summed E-state index contributed by atoms with van der Waals surface area (Å²) >= 11 is 0. The van der Waals surface area contributed by atoms with Crippen molar-refractivity contribution in [1.82, 2.24) is 0 Å². The van der Waals surface area contributed by atoms with Crippen molar-refractivity contribution < 1.29 is 9.94 Å². The van der Waals surface area contributed by atoms with Crippen molar-refractivity contribution >= 4 is 5.71 Å². The molecule has 17 heavy (non-hydrogen) atoms. The van der Waals surface area contributed by atoms with Crippen molar-refractivity contribution in [2.45, 2.75) is 32.1 Å². The van der Waals surface area contributed by atoms with Crippen LogP contribution in [-0.2, 0) is 6.42 Å². The van der Waals surface area contributed by atoms with E-state index in [2.05, 4.69) is 5.16 Å². The SMILES string of the molecule is ON=C1CCc2c(OCCC3CC3)cccc21. The van der Waals surface area contributed by atoms with Gasteiger partial charge in [-0.3, -0.25) is 0 Å². The fourth-order valence-corrected chi connectivity index (χ4v) is 2.45. The highest BCUT2D eigenvalue weighted by atomic mass is 16.5. The predicted octanol–water partition coefficient (Wildman–Crippen LogP) is 2.99. The second-order valence-corrected chi connectivity index (χ2v) is 4.91. The van der Waals surface area contributed by atoms with Gasteiger partial charge in [-0.2, -0.15) is 0 Å². The van der Waals surface area contributed by atoms with Crippen molar-refractivity contribution in [1.29, 1.82) is 0 Å². The van der Waals surface area contributed by atoms with Crippen LogP contribution in [0.3, 0.4) is 0 Å². The summed E-state index contributed by atoms with van der Waals surface area (Å²) in [6.45, 7) is 0.812. The zero-order chi connectivity index (χ0) is 11.7. The van der Waals surface area contributed by atoms with E-state index in [0.717, 1.165) is 42.4 Å². The van der Waals surface area contributed by atoms with Gasteiger partial charge in [-0.1, -0.05) is 30.1 Å². The van der Waals surface area contributed by atoms with Crippen molar-refractivity contribution in [3.8, 4) is 5.75 Å². The minimum absolute atomic E-state index is 0.785. The van der Waals surface area contributed by atoms with Crippen LogP contribution in [0.15, 0.2) is 23.4 Å². The zero-order valence-electron chi connectivity index (χ0n) is 9.85. The van der Waals surface area contributed by atoms with Gasteiger partial charge < -0.3 is 9.94 Å². The molecule has 0 spiro atoms. The molecule has 0 atom stereocenters. The Hall–Kier alpha value is -1.51. The van der Waals surface area contributed by atoms with Gasteiger partial charge in [-0.15, -0.1) is 0 Å². The van der Waals surface area contributed by atoms with Crippen LogP contribution in [0, 0.1) is 5.92 Å². The first-order valence-corrected chi connectivity index (χ1v) is 6.34. The maximum Gasteiger partial charge on any atom is 0.123 e. The molecule has 1 saturated carbocycles. The van der Waals surface area contributed by atoms with Gasteiger partial charge in [-0.25, -0.2) is 0 Å². The summed E-state index contributed by atoms with van der Waals surface area (Å²) in [7, 11) is 0. The molecule has 3 heteroatoms. The van der Waals surface area contributed by atoms with Gasteiger partial charge in [0.25, 0.3) is 0 Å². The molecule has 0 radical (unpaired) electrons. The summed E-state index contributed by atoms with van der Waals surface area (Å²) in [5.41, 5.74) is 3.04. The third-order valence-corrected chi connectivity index (χ3v) is 3.66. The fraction of sp³-hybridized carbons (Fsp3) is 0.500. The van der Waals surface area contributed by atoms with E-state index in [4.69, 9.17) is 9.94 Å². The van der Waals surface area contributed by atoms with Crippen LogP contribution in [0.25, 0.3) is 0 Å². The lowest BCUT2D eigenvalue weighted by Gasteiger charge is -2.10. The number of oxime groups is 1. The van der Waals surface area contributed by atoms with E-state index in [1.807, 2.05) is 18.2 Å². The largest absolute Gasteiger partial charge is 0.493 e. The Morgan fingerprint density at radius 1 is 1.29 bits per heavy atom. The van der Waals surface area contributed by atoms with Gasteiger partial charge in [0.15, 0.2) is 0 Å². The molecule has 1 aromatic carbocycles. The standard InChI is InChI=1S/C14H17NO2/c16-15-13-7-6-12-11(13)2-1-3-14(12)17-9-8-10-4-5-10/h1-3,10,16H,4-9H2. The molecule has 1 N–H and O–H groups in total. The van der Waals surface area contributed by atoms with Crippen LogP contribution >= 0.6 is 0 Å². The van der Waals surface area contributed by atoms with E-state index < -0.39 is 0 Å². The first-order valence-electron chi connectivity index (χ1n) is 6.34. The number of rotatable bonds is 4. The van der Waals surface area contributed by atoms with Crippen LogP contribution in [0.2, 0.25) is 0 Å². The molecule has 0 aromatic heterocycles. The molecule has 90 valence electrons. The molecule has 1 aromatic rings. The molecule has 1 fully saturated rings. The maximum atomic E-state index is 8.91. The van der Waals surface area contributed by atoms with Crippen molar-refractivity contribution in [2.75, 3.05) is 6.61 Å². The first kappa shape index (κ1) is 10.6. The second kappa shape index (κ2) is 4.40. The molecular formula is C14H17NO2. The smallest absolute Gasteiger partial charge is 0.123 e. The van der Waals surface area contributed by atoms with E-state index in [-0.39, 0.29) is 0 Å². The van der Waals surface area contributed by atoms with Gasteiger partial charge in [0.05, 0.1) is 12.3 Å². The number of hydrogen-bond donors (Lipinski definition) is 1. The van der Waals surface area contributed by atoms with Crippen LogP contribution in [0.4, 0.5) is 0 Å². The molecule has 0 saturated heterocycles. The molecule has 0 unspecified atom stereocenters. The highest BCUT2D eigenvalue weighted by Crippen LogP contribution is 2.34. The lowest BCUT2D eigenvalue weighted by atomic mass is 10.1. The summed E-state index contributed by atoms with van der Waals surface area (Å²) in [5.74, 6) is 1.88. The highest BCUT2D eigenvalue weighted by molar-refractivity contribution is 6.04. The third kappa shape index (κ3) is 2.14. The monoisotopic (exact) mass is 231 g/mol. The van der Waals surface area contributed by atoms with Crippen LogP contribution < -0.4 is 4.74 Å². The average molecular weight is 231 g/mol. The molecule has 0 heterocycles. The van der Waals surface area contributed by atoms with Crippen LogP contribution in [0.1, 0.15) is 36.8 Å². The zero-order valence-corrected chi connectivity index (χ0v) is 9.85. The Morgan fingerprint density at radius 2 is 2.18 bits per heavy atom. The average Bonchev–Trinajstić information content (AvgIpc) is 3.07. The quantitative estimate of drug-likeness (QED) is 0.639. The van der Waals surface area contributed by atoms with Crippen LogP contribution in [0.5, 0.6) is 5.75 Å². The summed E-state index contributed by atoms with van der Waals surface area (Å²) < 4.78 is 5.86. The number of benzene rings is 1. The molecule has 3 nitrogen and oxygen atoms in total. The molecular weight excluding hydrogens is 214 g/mol. The summed E-state index contributed by atoms with van der Waals surface area (Å²) in [6, 6.07) is 6.00. The van der Waals surface area contributed by atoms with Gasteiger partial charge in [-0.05, 0) is 31.2 Å². The number of nitrogens with zero attached hydrogens (tertiary/aromatic N) is 1. The normalized spacial score (nSPS) is 20.6.